The van der Waals surface area contributed by atoms with Crippen LogP contribution in [0.25, 0.3) is 22.7 Å². The number of aromatic nitrogens is 4. The number of hydrogen-bond acceptors (Lipinski definition) is 5. The molecule has 0 aliphatic heterocycles. The van der Waals surface area contributed by atoms with Crippen molar-refractivity contribution in [3.63, 3.8) is 0 Å². The first-order chi connectivity index (χ1) is 14.8. The van der Waals surface area contributed by atoms with E-state index in [1.807, 2.05) is 0 Å². The fourth-order valence-corrected chi connectivity index (χ4v) is 3.60. The molecule has 0 spiro atoms. The van der Waals surface area contributed by atoms with Crippen molar-refractivity contribution < 1.29 is 36.2 Å². The minimum Gasteiger partial charge on any atom is -0.478 e. The standard InChI is InChI=1S/C19H14F6N4O2S/c1-9(2)14(13(17(30)31)16-26-3-4-32-16)29-8-27-15(28-29)10-5-11(18(20,21)22)7-12(6-10)19(23,24)25/h3-9H,1-2H3,(H,30,31)/b14-13+. The molecule has 1 N–H and O–H groups in total. The van der Waals surface area contributed by atoms with Crippen LogP contribution in [0.5, 0.6) is 0 Å². The van der Waals surface area contributed by atoms with E-state index in [1.54, 1.807) is 19.2 Å². The van der Waals surface area contributed by atoms with E-state index in [2.05, 4.69) is 15.1 Å². The van der Waals surface area contributed by atoms with Crippen molar-refractivity contribution >= 4 is 28.6 Å². The highest BCUT2D eigenvalue weighted by Crippen LogP contribution is 2.38. The Hall–Kier alpha value is -3.22. The number of nitrogens with zero attached hydrogens (tertiary/aromatic N) is 4. The van der Waals surface area contributed by atoms with Gasteiger partial charge in [-0.3, -0.25) is 0 Å². The lowest BCUT2D eigenvalue weighted by molar-refractivity contribution is -0.143. The van der Waals surface area contributed by atoms with Crippen LogP contribution >= 0.6 is 11.3 Å². The molecule has 0 bridgehead atoms. The number of aliphatic carboxylic acids is 1. The van der Waals surface area contributed by atoms with Gasteiger partial charge in [0.25, 0.3) is 0 Å². The molecule has 13 heteroatoms. The van der Waals surface area contributed by atoms with Crippen LogP contribution in [0.1, 0.15) is 30.0 Å². The van der Waals surface area contributed by atoms with E-state index in [0.29, 0.717) is 12.1 Å². The van der Waals surface area contributed by atoms with Gasteiger partial charge in [-0.05, 0) is 24.1 Å². The third kappa shape index (κ3) is 4.82. The lowest BCUT2D eigenvalue weighted by Crippen LogP contribution is -2.13. The second kappa shape index (κ2) is 8.37. The molecule has 3 rings (SSSR count). The van der Waals surface area contributed by atoms with Crippen LogP contribution in [0.15, 0.2) is 36.1 Å². The number of allylic oxidation sites excluding steroid dienone is 1. The number of hydrogen-bond donors (Lipinski definition) is 1. The number of carbonyl (C=O) groups is 1. The van der Waals surface area contributed by atoms with Crippen LogP contribution in [-0.2, 0) is 17.1 Å². The zero-order chi connectivity index (χ0) is 23.8. The number of carboxylic acid groups (broad SMARTS) is 1. The molecule has 3 aromatic rings. The molecule has 0 aliphatic rings. The zero-order valence-electron chi connectivity index (χ0n) is 16.4. The molecule has 2 heterocycles. The van der Waals surface area contributed by atoms with Crippen molar-refractivity contribution in [3.05, 3.63) is 52.2 Å². The molecule has 6 nitrogen and oxygen atoms in total. The van der Waals surface area contributed by atoms with Gasteiger partial charge in [0, 0.05) is 17.1 Å². The molecule has 170 valence electrons. The van der Waals surface area contributed by atoms with E-state index in [-0.39, 0.29) is 22.3 Å². The SMILES string of the molecule is CC(C)/C(=C(\C(=O)O)c1nccs1)n1cnc(-c2cc(C(F)(F)F)cc(C(F)(F)F)c2)n1. The fraction of sp³-hybridized carbons (Fsp3) is 0.263. The Balaban J connectivity index is 2.19. The van der Waals surface area contributed by atoms with Crippen molar-refractivity contribution in [1.29, 1.82) is 0 Å². The highest BCUT2D eigenvalue weighted by Gasteiger charge is 2.37. The first-order valence-electron chi connectivity index (χ1n) is 8.88. The molecular formula is C19H14F6N4O2S. The second-order valence-corrected chi connectivity index (χ2v) is 7.76. The highest BCUT2D eigenvalue weighted by atomic mass is 32.1. The Morgan fingerprint density at radius 3 is 2.06 bits per heavy atom. The van der Waals surface area contributed by atoms with Gasteiger partial charge >= 0.3 is 18.3 Å². The first kappa shape index (κ1) is 23.4. The van der Waals surface area contributed by atoms with Crippen molar-refractivity contribution in [1.82, 2.24) is 19.7 Å². The van der Waals surface area contributed by atoms with E-state index in [4.69, 9.17) is 0 Å². The Labute approximate surface area is 180 Å². The third-order valence-corrected chi connectivity index (χ3v) is 5.04. The summed E-state index contributed by atoms with van der Waals surface area (Å²) in [5.74, 6) is -2.20. The molecule has 0 amide bonds. The van der Waals surface area contributed by atoms with Gasteiger partial charge in [-0.1, -0.05) is 13.8 Å². The molecule has 0 unspecified atom stereocenters. The number of alkyl halides is 6. The van der Waals surface area contributed by atoms with Crippen molar-refractivity contribution in [2.24, 2.45) is 5.92 Å². The molecule has 2 aromatic heterocycles. The Morgan fingerprint density at radius 2 is 1.62 bits per heavy atom. The molecular weight excluding hydrogens is 462 g/mol. The summed E-state index contributed by atoms with van der Waals surface area (Å²) in [7, 11) is 0. The summed E-state index contributed by atoms with van der Waals surface area (Å²) in [4.78, 5) is 19.7. The predicted molar refractivity (Wildman–Crippen MR) is 103 cm³/mol. The summed E-state index contributed by atoms with van der Waals surface area (Å²) in [5, 5.41) is 15.4. The third-order valence-electron chi connectivity index (χ3n) is 4.25. The lowest BCUT2D eigenvalue weighted by Gasteiger charge is -2.14. The van der Waals surface area contributed by atoms with E-state index >= 15 is 0 Å². The molecule has 32 heavy (non-hydrogen) atoms. The largest absolute Gasteiger partial charge is 0.478 e. The molecule has 0 aliphatic carbocycles. The molecule has 1 aromatic carbocycles. The lowest BCUT2D eigenvalue weighted by atomic mass is 10.0. The van der Waals surface area contributed by atoms with Crippen LogP contribution in [0.3, 0.4) is 0 Å². The average molecular weight is 476 g/mol. The zero-order valence-corrected chi connectivity index (χ0v) is 17.2. The topological polar surface area (TPSA) is 80.9 Å². The van der Waals surface area contributed by atoms with Gasteiger partial charge in [0.15, 0.2) is 5.82 Å². The van der Waals surface area contributed by atoms with Crippen LogP contribution < -0.4 is 0 Å². The molecule has 0 atom stereocenters. The van der Waals surface area contributed by atoms with Crippen LogP contribution in [-0.4, -0.2) is 30.8 Å². The van der Waals surface area contributed by atoms with E-state index in [9.17, 15) is 36.2 Å². The van der Waals surface area contributed by atoms with Gasteiger partial charge in [0.2, 0.25) is 0 Å². The van der Waals surface area contributed by atoms with E-state index < -0.39 is 46.8 Å². The van der Waals surface area contributed by atoms with Crippen LogP contribution in [0.4, 0.5) is 26.3 Å². The number of rotatable bonds is 5. The Bertz CT molecular complexity index is 1130. The maximum Gasteiger partial charge on any atom is 0.416 e. The summed E-state index contributed by atoms with van der Waals surface area (Å²) in [6.07, 6.45) is -7.62. The maximum atomic E-state index is 13.2. The number of carboxylic acids is 1. The van der Waals surface area contributed by atoms with Gasteiger partial charge in [-0.15, -0.1) is 16.4 Å². The monoisotopic (exact) mass is 476 g/mol. The normalized spacial score (nSPS) is 13.4. The molecule has 0 radical (unpaired) electrons. The molecule has 0 saturated carbocycles. The van der Waals surface area contributed by atoms with Crippen LogP contribution in [0.2, 0.25) is 0 Å². The Morgan fingerprint density at radius 1 is 1.03 bits per heavy atom. The van der Waals surface area contributed by atoms with E-state index in [1.165, 1.54) is 6.20 Å². The van der Waals surface area contributed by atoms with Crippen molar-refractivity contribution in [2.75, 3.05) is 0 Å². The summed E-state index contributed by atoms with van der Waals surface area (Å²) in [6.45, 7) is 3.30. The van der Waals surface area contributed by atoms with Crippen molar-refractivity contribution in [3.8, 4) is 11.4 Å². The maximum absolute atomic E-state index is 13.2. The summed E-state index contributed by atoms with van der Waals surface area (Å²) >= 11 is 1.05. The number of halogens is 6. The fourth-order valence-electron chi connectivity index (χ4n) is 2.92. The van der Waals surface area contributed by atoms with Crippen LogP contribution in [0, 0.1) is 5.92 Å². The second-order valence-electron chi connectivity index (χ2n) is 6.86. The van der Waals surface area contributed by atoms with Gasteiger partial charge in [0.05, 0.1) is 16.8 Å². The van der Waals surface area contributed by atoms with Gasteiger partial charge in [-0.2, -0.15) is 26.3 Å². The van der Waals surface area contributed by atoms with Gasteiger partial charge in [-0.25, -0.2) is 19.4 Å². The first-order valence-corrected chi connectivity index (χ1v) is 9.76. The molecule has 0 saturated heterocycles. The molecule has 0 fully saturated rings. The summed E-state index contributed by atoms with van der Waals surface area (Å²) in [6, 6.07) is 1.02. The summed E-state index contributed by atoms with van der Waals surface area (Å²) < 4.78 is 79.9. The summed E-state index contributed by atoms with van der Waals surface area (Å²) in [5.41, 5.74) is -3.61. The minimum atomic E-state index is -5.02. The van der Waals surface area contributed by atoms with Crippen molar-refractivity contribution in [2.45, 2.75) is 26.2 Å². The quantitative estimate of drug-likeness (QED) is 0.386. The number of thiazole rings is 1. The van der Waals surface area contributed by atoms with E-state index in [0.717, 1.165) is 22.3 Å². The highest BCUT2D eigenvalue weighted by molar-refractivity contribution is 7.11. The predicted octanol–water partition coefficient (Wildman–Crippen LogP) is 5.55. The van der Waals surface area contributed by atoms with Gasteiger partial charge < -0.3 is 5.11 Å². The Kier molecular flexibility index (Phi) is 6.13. The van der Waals surface area contributed by atoms with Gasteiger partial charge in [0.1, 0.15) is 16.9 Å². The smallest absolute Gasteiger partial charge is 0.416 e. The minimum absolute atomic E-state index is 0.00490. The average Bonchev–Trinajstić information content (AvgIpc) is 3.35. The number of benzene rings is 1.